The third kappa shape index (κ3) is 1.43. The second-order valence-corrected chi connectivity index (χ2v) is 1.98. The lowest BCUT2D eigenvalue weighted by molar-refractivity contribution is -0.222. The molecule has 0 amide bonds. The molecule has 1 N–H and O–H groups in total. The van der Waals surface area contributed by atoms with Gasteiger partial charge in [-0.3, -0.25) is 0 Å². The van der Waals surface area contributed by atoms with Gasteiger partial charge in [-0.2, -0.15) is 4.89 Å². The van der Waals surface area contributed by atoms with E-state index in [1.807, 2.05) is 6.92 Å². The van der Waals surface area contributed by atoms with Crippen LogP contribution in [0.4, 0.5) is 0 Å². The van der Waals surface area contributed by atoms with E-state index in [2.05, 4.69) is 9.78 Å². The summed E-state index contributed by atoms with van der Waals surface area (Å²) in [5.74, 6) is 0. The summed E-state index contributed by atoms with van der Waals surface area (Å²) in [7, 11) is 0. The Bertz CT molecular complexity index is 119. The molecule has 0 bridgehead atoms. The summed E-state index contributed by atoms with van der Waals surface area (Å²) < 4.78 is 0. The van der Waals surface area contributed by atoms with Crippen molar-refractivity contribution in [2.45, 2.75) is 19.4 Å². The zero-order valence-electron chi connectivity index (χ0n) is 5.33. The van der Waals surface area contributed by atoms with Gasteiger partial charge in [0.05, 0.1) is 6.10 Å². The highest BCUT2D eigenvalue weighted by Gasteiger charge is 2.13. The van der Waals surface area contributed by atoms with Gasteiger partial charge in [0.15, 0.2) is 0 Å². The van der Waals surface area contributed by atoms with E-state index in [-0.39, 0.29) is 0 Å². The number of hydrogen-bond donors (Lipinski definition) is 1. The monoisotopic (exact) mass is 130 g/mol. The number of aliphatic hydroxyl groups excluding tert-OH is 1. The van der Waals surface area contributed by atoms with Crippen molar-refractivity contribution < 1.29 is 14.9 Å². The van der Waals surface area contributed by atoms with E-state index in [1.165, 1.54) is 6.26 Å². The lowest BCUT2D eigenvalue weighted by Crippen LogP contribution is -2.09. The first-order valence-electron chi connectivity index (χ1n) is 3.00. The van der Waals surface area contributed by atoms with E-state index in [0.29, 0.717) is 13.0 Å². The van der Waals surface area contributed by atoms with Crippen LogP contribution in [0.5, 0.6) is 0 Å². The van der Waals surface area contributed by atoms with Crippen molar-refractivity contribution in [2.75, 3.05) is 6.61 Å². The lowest BCUT2D eigenvalue weighted by atomic mass is 10.1. The number of rotatable bonds is 2. The average molecular weight is 130 g/mol. The van der Waals surface area contributed by atoms with Crippen molar-refractivity contribution in [3.05, 3.63) is 11.8 Å². The van der Waals surface area contributed by atoms with E-state index in [1.54, 1.807) is 0 Å². The maximum Gasteiger partial charge on any atom is 0.133 e. The molecule has 0 aromatic carbocycles. The highest BCUT2D eigenvalue weighted by Crippen LogP contribution is 2.12. The molecular weight excluding hydrogens is 120 g/mol. The second kappa shape index (κ2) is 2.85. The van der Waals surface area contributed by atoms with Gasteiger partial charge in [0.1, 0.15) is 12.9 Å². The Morgan fingerprint density at radius 3 is 3.11 bits per heavy atom. The Morgan fingerprint density at radius 2 is 2.67 bits per heavy atom. The van der Waals surface area contributed by atoms with Crippen molar-refractivity contribution in [1.29, 1.82) is 0 Å². The first kappa shape index (κ1) is 6.58. The van der Waals surface area contributed by atoms with E-state index in [9.17, 15) is 0 Å². The van der Waals surface area contributed by atoms with Crippen LogP contribution in [-0.2, 0) is 9.78 Å². The number of aliphatic hydroxyl groups is 1. The topological polar surface area (TPSA) is 38.7 Å². The van der Waals surface area contributed by atoms with Crippen LogP contribution in [0.25, 0.3) is 0 Å². The maximum atomic E-state index is 9.13. The zero-order valence-corrected chi connectivity index (χ0v) is 5.33. The van der Waals surface area contributed by atoms with Crippen LogP contribution < -0.4 is 0 Å². The molecule has 0 saturated heterocycles. The smallest absolute Gasteiger partial charge is 0.133 e. The molecule has 0 radical (unpaired) electrons. The van der Waals surface area contributed by atoms with Gasteiger partial charge in [0.2, 0.25) is 0 Å². The third-order valence-electron chi connectivity index (χ3n) is 1.31. The maximum absolute atomic E-state index is 9.13. The van der Waals surface area contributed by atoms with Crippen molar-refractivity contribution >= 4 is 0 Å². The molecule has 0 saturated carbocycles. The molecule has 0 aliphatic carbocycles. The van der Waals surface area contributed by atoms with Gasteiger partial charge >= 0.3 is 0 Å². The standard InChI is InChI=1S/C6H10O3/c1-2-6(7)5-3-8-9-4-5/h3,6-7H,2,4H2,1H3. The Hall–Kier alpha value is -0.540. The summed E-state index contributed by atoms with van der Waals surface area (Å²) in [6, 6.07) is 0. The van der Waals surface area contributed by atoms with Crippen LogP contribution in [0.2, 0.25) is 0 Å². The van der Waals surface area contributed by atoms with Crippen LogP contribution in [0, 0.1) is 0 Å². The van der Waals surface area contributed by atoms with Gasteiger partial charge in [-0.25, -0.2) is 0 Å². The fourth-order valence-electron chi connectivity index (χ4n) is 0.669. The second-order valence-electron chi connectivity index (χ2n) is 1.98. The molecule has 0 aromatic heterocycles. The van der Waals surface area contributed by atoms with Gasteiger partial charge < -0.3 is 9.99 Å². The summed E-state index contributed by atoms with van der Waals surface area (Å²) in [6.45, 7) is 2.30. The van der Waals surface area contributed by atoms with Crippen molar-refractivity contribution in [1.82, 2.24) is 0 Å². The summed E-state index contributed by atoms with van der Waals surface area (Å²) >= 11 is 0. The Kier molecular flexibility index (Phi) is 2.08. The summed E-state index contributed by atoms with van der Waals surface area (Å²) in [5, 5.41) is 9.13. The molecule has 3 heteroatoms. The minimum atomic E-state index is -0.396. The minimum Gasteiger partial charge on any atom is -0.389 e. The molecule has 9 heavy (non-hydrogen) atoms. The van der Waals surface area contributed by atoms with Crippen molar-refractivity contribution in [2.24, 2.45) is 0 Å². The normalized spacial score (nSPS) is 20.9. The van der Waals surface area contributed by atoms with Gasteiger partial charge in [0, 0.05) is 5.57 Å². The van der Waals surface area contributed by atoms with Crippen LogP contribution in [0.15, 0.2) is 11.8 Å². The third-order valence-corrected chi connectivity index (χ3v) is 1.31. The van der Waals surface area contributed by atoms with E-state index < -0.39 is 6.10 Å². The average Bonchev–Trinajstić information content (AvgIpc) is 2.37. The molecule has 1 atom stereocenters. The summed E-state index contributed by atoms with van der Waals surface area (Å²) in [4.78, 5) is 8.99. The highest BCUT2D eigenvalue weighted by atomic mass is 17.2. The van der Waals surface area contributed by atoms with Crippen molar-refractivity contribution in [3.8, 4) is 0 Å². The Morgan fingerprint density at radius 1 is 1.89 bits per heavy atom. The van der Waals surface area contributed by atoms with Crippen LogP contribution >= 0.6 is 0 Å². The lowest BCUT2D eigenvalue weighted by Gasteiger charge is -2.03. The molecule has 1 aliphatic rings. The van der Waals surface area contributed by atoms with Crippen LogP contribution in [0.1, 0.15) is 13.3 Å². The summed E-state index contributed by atoms with van der Waals surface area (Å²) in [5.41, 5.74) is 0.817. The highest BCUT2D eigenvalue weighted by molar-refractivity contribution is 5.06. The summed E-state index contributed by atoms with van der Waals surface area (Å²) in [6.07, 6.45) is 1.76. The van der Waals surface area contributed by atoms with E-state index >= 15 is 0 Å². The van der Waals surface area contributed by atoms with Crippen LogP contribution in [0.3, 0.4) is 0 Å². The fourth-order valence-corrected chi connectivity index (χ4v) is 0.669. The SMILES string of the molecule is CCC(O)C1=COOC1. The molecule has 0 aromatic rings. The molecule has 52 valence electrons. The molecule has 1 aliphatic heterocycles. The quantitative estimate of drug-likeness (QED) is 0.556. The van der Waals surface area contributed by atoms with Gasteiger partial charge in [-0.1, -0.05) is 6.92 Å². The fraction of sp³-hybridized carbons (Fsp3) is 0.667. The molecule has 1 unspecified atom stereocenters. The van der Waals surface area contributed by atoms with Gasteiger partial charge in [0.25, 0.3) is 0 Å². The largest absolute Gasteiger partial charge is 0.389 e. The predicted octanol–water partition coefficient (Wildman–Crippen LogP) is 0.603. The molecule has 0 fully saturated rings. The molecule has 0 spiro atoms. The minimum absolute atomic E-state index is 0.396. The van der Waals surface area contributed by atoms with Crippen molar-refractivity contribution in [3.63, 3.8) is 0 Å². The first-order valence-corrected chi connectivity index (χ1v) is 3.00. The van der Waals surface area contributed by atoms with Crippen LogP contribution in [-0.4, -0.2) is 17.8 Å². The Labute approximate surface area is 53.8 Å². The Balaban J connectivity index is 2.40. The van der Waals surface area contributed by atoms with E-state index in [0.717, 1.165) is 5.57 Å². The zero-order chi connectivity index (χ0) is 6.69. The first-order chi connectivity index (χ1) is 4.34. The van der Waals surface area contributed by atoms with Gasteiger partial charge in [-0.05, 0) is 6.42 Å². The number of hydrogen-bond acceptors (Lipinski definition) is 3. The molecule has 3 nitrogen and oxygen atoms in total. The molecule has 1 rings (SSSR count). The predicted molar refractivity (Wildman–Crippen MR) is 31.4 cm³/mol. The van der Waals surface area contributed by atoms with E-state index in [4.69, 9.17) is 5.11 Å². The van der Waals surface area contributed by atoms with Gasteiger partial charge in [-0.15, -0.1) is 0 Å². The molecular formula is C6H10O3. The molecule has 1 heterocycles.